The van der Waals surface area contributed by atoms with Gasteiger partial charge in [-0.05, 0) is 24.7 Å². The van der Waals surface area contributed by atoms with E-state index in [2.05, 4.69) is 26.1 Å². The fourth-order valence-corrected chi connectivity index (χ4v) is 5.22. The number of sulfone groups is 1. The number of rotatable bonds is 6. The quantitative estimate of drug-likeness (QED) is 0.804. The SMILES string of the molecule is CCCCC1NC(C(C)C)N(CC2CCS(=O)(=O)C2)C1=O. The third-order valence-corrected chi connectivity index (χ3v) is 6.39. The summed E-state index contributed by atoms with van der Waals surface area (Å²) in [5.74, 6) is 1.11. The Morgan fingerprint density at radius 1 is 1.38 bits per heavy atom. The van der Waals surface area contributed by atoms with Crippen LogP contribution in [0.4, 0.5) is 0 Å². The molecule has 1 amide bonds. The lowest BCUT2D eigenvalue weighted by Crippen LogP contribution is -2.44. The van der Waals surface area contributed by atoms with Crippen molar-refractivity contribution in [3.63, 3.8) is 0 Å². The molecule has 0 saturated carbocycles. The molecular formula is C15H28N2O3S. The average Bonchev–Trinajstić information content (AvgIpc) is 2.89. The molecule has 5 nitrogen and oxygen atoms in total. The van der Waals surface area contributed by atoms with Gasteiger partial charge in [-0.2, -0.15) is 0 Å². The molecule has 0 aliphatic carbocycles. The lowest BCUT2D eigenvalue weighted by atomic mass is 10.1. The molecule has 0 aromatic carbocycles. The predicted molar refractivity (Wildman–Crippen MR) is 83.5 cm³/mol. The number of nitrogens with one attached hydrogen (secondary N) is 1. The van der Waals surface area contributed by atoms with Gasteiger partial charge < -0.3 is 4.90 Å². The van der Waals surface area contributed by atoms with Gasteiger partial charge in [-0.15, -0.1) is 0 Å². The number of hydrogen-bond donors (Lipinski definition) is 1. The van der Waals surface area contributed by atoms with Gasteiger partial charge in [0.05, 0.1) is 23.7 Å². The Bertz CT molecular complexity index is 475. The molecule has 1 N–H and O–H groups in total. The van der Waals surface area contributed by atoms with Crippen LogP contribution in [0.15, 0.2) is 0 Å². The summed E-state index contributed by atoms with van der Waals surface area (Å²) in [6, 6.07) is -0.0876. The third kappa shape index (κ3) is 3.97. The topological polar surface area (TPSA) is 66.5 Å². The molecule has 2 aliphatic rings. The first-order valence-corrected chi connectivity index (χ1v) is 9.93. The minimum absolute atomic E-state index is 0.0441. The molecular weight excluding hydrogens is 288 g/mol. The largest absolute Gasteiger partial charge is 0.325 e. The maximum Gasteiger partial charge on any atom is 0.241 e. The predicted octanol–water partition coefficient (Wildman–Crippen LogP) is 1.39. The van der Waals surface area contributed by atoms with Gasteiger partial charge in [-0.3, -0.25) is 10.1 Å². The average molecular weight is 316 g/mol. The number of hydrogen-bond acceptors (Lipinski definition) is 4. The van der Waals surface area contributed by atoms with Gasteiger partial charge in [0.2, 0.25) is 5.91 Å². The van der Waals surface area contributed by atoms with Crippen molar-refractivity contribution in [3.05, 3.63) is 0 Å². The maximum atomic E-state index is 12.6. The highest BCUT2D eigenvalue weighted by atomic mass is 32.2. The Balaban J connectivity index is 2.03. The molecule has 2 fully saturated rings. The maximum absolute atomic E-state index is 12.6. The summed E-state index contributed by atoms with van der Waals surface area (Å²) in [4.78, 5) is 14.5. The highest BCUT2D eigenvalue weighted by molar-refractivity contribution is 7.91. The normalized spacial score (nSPS) is 32.3. The summed E-state index contributed by atoms with van der Waals surface area (Å²) < 4.78 is 23.2. The van der Waals surface area contributed by atoms with E-state index < -0.39 is 9.84 Å². The lowest BCUT2D eigenvalue weighted by molar-refractivity contribution is -0.131. The first-order valence-electron chi connectivity index (χ1n) is 8.11. The highest BCUT2D eigenvalue weighted by Crippen LogP contribution is 2.26. The van der Waals surface area contributed by atoms with Gasteiger partial charge >= 0.3 is 0 Å². The minimum atomic E-state index is -2.88. The third-order valence-electron chi connectivity index (χ3n) is 4.55. The molecule has 2 saturated heterocycles. The smallest absolute Gasteiger partial charge is 0.241 e. The van der Waals surface area contributed by atoms with E-state index in [1.807, 2.05) is 4.90 Å². The van der Waals surface area contributed by atoms with Crippen LogP contribution in [0, 0.1) is 11.8 Å². The number of carbonyl (C=O) groups is 1. The second kappa shape index (κ2) is 6.65. The van der Waals surface area contributed by atoms with E-state index in [-0.39, 0.29) is 35.5 Å². The summed E-state index contributed by atoms with van der Waals surface area (Å²) >= 11 is 0. The van der Waals surface area contributed by atoms with Crippen molar-refractivity contribution >= 4 is 15.7 Å². The van der Waals surface area contributed by atoms with E-state index in [0.29, 0.717) is 18.9 Å². The molecule has 2 aliphatic heterocycles. The van der Waals surface area contributed by atoms with Crippen molar-refractivity contribution in [3.8, 4) is 0 Å². The summed E-state index contributed by atoms with van der Waals surface area (Å²) in [5.41, 5.74) is 0. The van der Waals surface area contributed by atoms with Crippen LogP contribution < -0.4 is 5.32 Å². The Hall–Kier alpha value is -0.620. The van der Waals surface area contributed by atoms with Crippen LogP contribution in [0.25, 0.3) is 0 Å². The summed E-state index contributed by atoms with van der Waals surface area (Å²) in [6.07, 6.45) is 3.73. The van der Waals surface area contributed by atoms with Gasteiger partial charge in [-0.25, -0.2) is 8.42 Å². The Morgan fingerprint density at radius 3 is 2.62 bits per heavy atom. The van der Waals surface area contributed by atoms with E-state index in [1.165, 1.54) is 0 Å². The van der Waals surface area contributed by atoms with E-state index in [1.54, 1.807) is 0 Å². The lowest BCUT2D eigenvalue weighted by Gasteiger charge is -2.29. The zero-order valence-corrected chi connectivity index (χ0v) is 14.2. The second-order valence-electron chi connectivity index (χ2n) is 6.81. The molecule has 3 atom stereocenters. The van der Waals surface area contributed by atoms with Gasteiger partial charge in [0.1, 0.15) is 0 Å². The minimum Gasteiger partial charge on any atom is -0.325 e. The van der Waals surface area contributed by atoms with Gasteiger partial charge in [-0.1, -0.05) is 33.6 Å². The second-order valence-corrected chi connectivity index (χ2v) is 9.04. The molecule has 21 heavy (non-hydrogen) atoms. The fourth-order valence-electron chi connectivity index (χ4n) is 3.37. The van der Waals surface area contributed by atoms with Crippen molar-refractivity contribution in [2.24, 2.45) is 11.8 Å². The number of nitrogens with zero attached hydrogens (tertiary/aromatic N) is 1. The van der Waals surface area contributed by atoms with Crippen LogP contribution in [0.3, 0.4) is 0 Å². The number of carbonyl (C=O) groups excluding carboxylic acids is 1. The summed E-state index contributed by atoms with van der Waals surface area (Å²) in [7, 11) is -2.88. The van der Waals surface area contributed by atoms with Crippen molar-refractivity contribution in [2.45, 2.75) is 58.7 Å². The molecule has 2 heterocycles. The standard InChI is InChI=1S/C15H28N2O3S/c1-4-5-6-13-15(18)17(14(16-13)11(2)3)9-12-7-8-21(19,20)10-12/h11-14,16H,4-10H2,1-3H3. The van der Waals surface area contributed by atoms with Gasteiger partial charge in [0, 0.05) is 6.54 Å². The molecule has 0 aromatic rings. The zero-order valence-electron chi connectivity index (χ0n) is 13.3. The monoisotopic (exact) mass is 316 g/mol. The fraction of sp³-hybridized carbons (Fsp3) is 0.933. The first-order chi connectivity index (χ1) is 9.84. The van der Waals surface area contributed by atoms with E-state index >= 15 is 0 Å². The van der Waals surface area contributed by atoms with Crippen LogP contribution in [0.2, 0.25) is 0 Å². The Morgan fingerprint density at radius 2 is 2.10 bits per heavy atom. The summed E-state index contributed by atoms with van der Waals surface area (Å²) in [6.45, 7) is 6.91. The Kier molecular flexibility index (Phi) is 5.30. The van der Waals surface area contributed by atoms with E-state index in [9.17, 15) is 13.2 Å². The van der Waals surface area contributed by atoms with Crippen molar-refractivity contribution in [2.75, 3.05) is 18.1 Å². The van der Waals surface area contributed by atoms with Crippen LogP contribution >= 0.6 is 0 Å². The zero-order chi connectivity index (χ0) is 15.6. The van der Waals surface area contributed by atoms with Gasteiger partial charge in [0.25, 0.3) is 0 Å². The molecule has 122 valence electrons. The van der Waals surface area contributed by atoms with Crippen LogP contribution in [0.1, 0.15) is 46.5 Å². The van der Waals surface area contributed by atoms with Gasteiger partial charge in [0.15, 0.2) is 9.84 Å². The molecule has 0 radical (unpaired) electrons. The van der Waals surface area contributed by atoms with E-state index in [0.717, 1.165) is 19.3 Å². The van der Waals surface area contributed by atoms with Crippen LogP contribution in [-0.2, 0) is 14.6 Å². The molecule has 2 rings (SSSR count). The highest BCUT2D eigenvalue weighted by Gasteiger charge is 2.41. The summed E-state index contributed by atoms with van der Waals surface area (Å²) in [5, 5.41) is 3.45. The number of unbranched alkanes of at least 4 members (excludes halogenated alkanes) is 1. The molecule has 6 heteroatoms. The molecule has 0 spiro atoms. The number of amides is 1. The first kappa shape index (κ1) is 16.7. The molecule has 0 aromatic heterocycles. The Labute approximate surface area is 128 Å². The van der Waals surface area contributed by atoms with E-state index in [4.69, 9.17) is 0 Å². The molecule has 0 bridgehead atoms. The van der Waals surface area contributed by atoms with Crippen molar-refractivity contribution in [1.29, 1.82) is 0 Å². The van der Waals surface area contributed by atoms with Crippen molar-refractivity contribution < 1.29 is 13.2 Å². The van der Waals surface area contributed by atoms with Crippen LogP contribution in [0.5, 0.6) is 0 Å². The van der Waals surface area contributed by atoms with Crippen molar-refractivity contribution in [1.82, 2.24) is 10.2 Å². The molecule has 3 unspecified atom stereocenters. The van der Waals surface area contributed by atoms with Crippen LogP contribution in [-0.4, -0.2) is 49.5 Å².